The Bertz CT molecular complexity index is 852. The molecule has 0 aliphatic carbocycles. The number of aliphatic imine (C=N–C) groups is 1. The van der Waals surface area contributed by atoms with Gasteiger partial charge in [-0.05, 0) is 35.9 Å². The molecule has 0 aliphatic rings. The maximum atomic E-state index is 13.2. The van der Waals surface area contributed by atoms with Crippen molar-refractivity contribution in [3.63, 3.8) is 0 Å². The van der Waals surface area contributed by atoms with E-state index in [4.69, 9.17) is 0 Å². The first-order valence-electron chi connectivity index (χ1n) is 8.10. The van der Waals surface area contributed by atoms with Crippen molar-refractivity contribution in [2.75, 3.05) is 14.1 Å². The Morgan fingerprint density at radius 1 is 1.00 bits per heavy atom. The normalized spacial score (nSPS) is 12.0. The van der Waals surface area contributed by atoms with Gasteiger partial charge in [0.15, 0.2) is 5.96 Å². The van der Waals surface area contributed by atoms with E-state index in [0.717, 1.165) is 16.7 Å². The van der Waals surface area contributed by atoms with Crippen molar-refractivity contribution in [2.24, 2.45) is 4.99 Å². The second kappa shape index (κ2) is 9.30. The van der Waals surface area contributed by atoms with Crippen molar-refractivity contribution in [2.45, 2.75) is 18.8 Å². The zero-order valence-electron chi connectivity index (χ0n) is 14.8. The van der Waals surface area contributed by atoms with Crippen molar-refractivity contribution >= 4 is 16.0 Å². The molecule has 140 valence electrons. The van der Waals surface area contributed by atoms with E-state index in [1.165, 1.54) is 19.2 Å². The van der Waals surface area contributed by atoms with Gasteiger partial charge in [-0.2, -0.15) is 0 Å². The molecule has 0 unspecified atom stereocenters. The molecule has 0 saturated carbocycles. The maximum absolute atomic E-state index is 13.2. The van der Waals surface area contributed by atoms with Crippen LogP contribution in [0.25, 0.3) is 0 Å². The van der Waals surface area contributed by atoms with Gasteiger partial charge >= 0.3 is 0 Å². The summed E-state index contributed by atoms with van der Waals surface area (Å²) in [5.41, 5.74) is 2.53. The summed E-state index contributed by atoms with van der Waals surface area (Å²) in [5, 5.41) is 6.28. The van der Waals surface area contributed by atoms with Crippen LogP contribution < -0.4 is 15.4 Å². The Hall–Kier alpha value is -2.45. The quantitative estimate of drug-likeness (QED) is 0.506. The molecular formula is C18H23FN4O2S. The molecule has 0 spiro atoms. The van der Waals surface area contributed by atoms with Crippen molar-refractivity contribution in [3.05, 3.63) is 71.0 Å². The highest BCUT2D eigenvalue weighted by atomic mass is 32.2. The number of sulfonamides is 1. The van der Waals surface area contributed by atoms with Crippen LogP contribution in [0.15, 0.2) is 53.5 Å². The number of halogens is 1. The third kappa shape index (κ3) is 6.45. The number of rotatable bonds is 7. The van der Waals surface area contributed by atoms with Gasteiger partial charge < -0.3 is 10.6 Å². The Labute approximate surface area is 153 Å². The molecule has 6 nitrogen and oxygen atoms in total. The molecule has 26 heavy (non-hydrogen) atoms. The zero-order valence-corrected chi connectivity index (χ0v) is 15.6. The largest absolute Gasteiger partial charge is 0.352 e. The van der Waals surface area contributed by atoms with Crippen LogP contribution in [-0.4, -0.2) is 28.5 Å². The van der Waals surface area contributed by atoms with E-state index >= 15 is 0 Å². The van der Waals surface area contributed by atoms with E-state index in [-0.39, 0.29) is 11.6 Å². The molecule has 2 rings (SSSR count). The zero-order chi connectivity index (χ0) is 19.0. The average Bonchev–Trinajstić information content (AvgIpc) is 2.63. The summed E-state index contributed by atoms with van der Waals surface area (Å²) in [7, 11) is -0.215. The smallest absolute Gasteiger partial charge is 0.215 e. The SMILES string of the molecule is CN=C(NCc1ccc(CS(=O)(=O)NC)cc1)NCc1cccc(F)c1. The van der Waals surface area contributed by atoms with Crippen LogP contribution in [-0.2, 0) is 28.9 Å². The van der Waals surface area contributed by atoms with Crippen LogP contribution in [0, 0.1) is 5.82 Å². The second-order valence-corrected chi connectivity index (χ2v) is 7.62. The molecule has 0 aliphatic heterocycles. The van der Waals surface area contributed by atoms with Crippen LogP contribution in [0.1, 0.15) is 16.7 Å². The minimum atomic E-state index is -3.27. The number of benzene rings is 2. The standard InChI is InChI=1S/C18H23FN4O2S/c1-20-18(23-12-16-4-3-5-17(19)10-16)22-11-14-6-8-15(9-7-14)13-26(24,25)21-2/h3-10,21H,11-13H2,1-2H3,(H2,20,22,23). The van der Waals surface area contributed by atoms with E-state index in [2.05, 4.69) is 20.3 Å². The van der Waals surface area contributed by atoms with Gasteiger partial charge in [-0.3, -0.25) is 4.99 Å². The maximum Gasteiger partial charge on any atom is 0.215 e. The first kappa shape index (κ1) is 19.9. The summed E-state index contributed by atoms with van der Waals surface area (Å²) in [6, 6.07) is 13.7. The average molecular weight is 378 g/mol. The van der Waals surface area contributed by atoms with E-state index in [0.29, 0.717) is 19.0 Å². The monoisotopic (exact) mass is 378 g/mol. The highest BCUT2D eigenvalue weighted by Crippen LogP contribution is 2.08. The molecule has 0 amide bonds. The van der Waals surface area contributed by atoms with Gasteiger partial charge in [0.25, 0.3) is 0 Å². The molecule has 8 heteroatoms. The fourth-order valence-corrected chi connectivity index (χ4v) is 3.06. The predicted molar refractivity (Wildman–Crippen MR) is 102 cm³/mol. The van der Waals surface area contributed by atoms with Gasteiger partial charge in [0.2, 0.25) is 10.0 Å². The lowest BCUT2D eigenvalue weighted by Crippen LogP contribution is -2.36. The fraction of sp³-hybridized carbons (Fsp3) is 0.278. The molecule has 2 aromatic carbocycles. The molecule has 0 fully saturated rings. The van der Waals surface area contributed by atoms with Gasteiger partial charge in [-0.1, -0.05) is 36.4 Å². The predicted octanol–water partition coefficient (Wildman–Crippen LogP) is 1.74. The summed E-state index contributed by atoms with van der Waals surface area (Å²) in [5.74, 6) is 0.275. The van der Waals surface area contributed by atoms with Crippen molar-refractivity contribution in [1.82, 2.24) is 15.4 Å². The summed E-state index contributed by atoms with van der Waals surface area (Å²) in [6.07, 6.45) is 0. The highest BCUT2D eigenvalue weighted by molar-refractivity contribution is 7.88. The first-order valence-corrected chi connectivity index (χ1v) is 9.75. The van der Waals surface area contributed by atoms with Crippen LogP contribution in [0.2, 0.25) is 0 Å². The number of nitrogens with zero attached hydrogens (tertiary/aromatic N) is 1. The van der Waals surface area contributed by atoms with E-state index in [1.807, 2.05) is 18.2 Å². The molecule has 0 bridgehead atoms. The minimum Gasteiger partial charge on any atom is -0.352 e. The van der Waals surface area contributed by atoms with Crippen LogP contribution in [0.5, 0.6) is 0 Å². The highest BCUT2D eigenvalue weighted by Gasteiger charge is 2.08. The number of nitrogens with one attached hydrogen (secondary N) is 3. The van der Waals surface area contributed by atoms with Crippen LogP contribution in [0.4, 0.5) is 4.39 Å². The van der Waals surface area contributed by atoms with Crippen molar-refractivity contribution in [3.8, 4) is 0 Å². The Balaban J connectivity index is 1.86. The molecule has 0 saturated heterocycles. The number of guanidine groups is 1. The second-order valence-electron chi connectivity index (χ2n) is 5.69. The summed E-state index contributed by atoms with van der Waals surface area (Å²) < 4.78 is 38.6. The molecular weight excluding hydrogens is 355 g/mol. The molecule has 3 N–H and O–H groups in total. The van der Waals surface area contributed by atoms with E-state index in [1.54, 1.807) is 25.2 Å². The summed E-state index contributed by atoms with van der Waals surface area (Å²) >= 11 is 0. The molecule has 0 radical (unpaired) electrons. The topological polar surface area (TPSA) is 82.6 Å². The third-order valence-electron chi connectivity index (χ3n) is 3.72. The van der Waals surface area contributed by atoms with Gasteiger partial charge in [0.05, 0.1) is 5.75 Å². The number of hydrogen-bond donors (Lipinski definition) is 3. The van der Waals surface area contributed by atoms with Gasteiger partial charge in [0, 0.05) is 20.1 Å². The van der Waals surface area contributed by atoms with Gasteiger partial charge in [-0.15, -0.1) is 0 Å². The Morgan fingerprint density at radius 2 is 1.62 bits per heavy atom. The van der Waals surface area contributed by atoms with Crippen LogP contribution in [0.3, 0.4) is 0 Å². The van der Waals surface area contributed by atoms with Crippen LogP contribution >= 0.6 is 0 Å². The first-order chi connectivity index (χ1) is 12.4. The lowest BCUT2D eigenvalue weighted by atomic mass is 10.1. The lowest BCUT2D eigenvalue weighted by Gasteiger charge is -2.12. The molecule has 0 heterocycles. The third-order valence-corrected chi connectivity index (χ3v) is 5.06. The number of hydrogen-bond acceptors (Lipinski definition) is 3. The summed E-state index contributed by atoms with van der Waals surface area (Å²) in [6.45, 7) is 0.986. The van der Waals surface area contributed by atoms with Gasteiger partial charge in [-0.25, -0.2) is 17.5 Å². The Morgan fingerprint density at radius 3 is 2.19 bits per heavy atom. The lowest BCUT2D eigenvalue weighted by molar-refractivity contribution is 0.587. The molecule has 0 atom stereocenters. The van der Waals surface area contributed by atoms with Crippen molar-refractivity contribution < 1.29 is 12.8 Å². The van der Waals surface area contributed by atoms with Gasteiger partial charge in [0.1, 0.15) is 5.82 Å². The fourth-order valence-electron chi connectivity index (χ4n) is 2.28. The molecule has 2 aromatic rings. The summed E-state index contributed by atoms with van der Waals surface area (Å²) in [4.78, 5) is 4.13. The minimum absolute atomic E-state index is 0.0476. The molecule has 0 aromatic heterocycles. The van der Waals surface area contributed by atoms with E-state index < -0.39 is 10.0 Å². The Kier molecular flexibility index (Phi) is 7.11. The van der Waals surface area contributed by atoms with E-state index in [9.17, 15) is 12.8 Å². The van der Waals surface area contributed by atoms with Crippen molar-refractivity contribution in [1.29, 1.82) is 0 Å².